The van der Waals surface area contributed by atoms with Gasteiger partial charge in [0.25, 0.3) is 5.24 Å². The summed E-state index contributed by atoms with van der Waals surface area (Å²) in [7, 11) is 0. The molecule has 0 radical (unpaired) electrons. The molecular formula is C17H24N2OS3. The number of amides is 1. The summed E-state index contributed by atoms with van der Waals surface area (Å²) in [5.74, 6) is 0.699. The van der Waals surface area contributed by atoms with Crippen LogP contribution in [0.5, 0.6) is 0 Å². The molecule has 0 saturated heterocycles. The van der Waals surface area contributed by atoms with Crippen molar-refractivity contribution in [3.63, 3.8) is 0 Å². The van der Waals surface area contributed by atoms with Crippen LogP contribution in [0.25, 0.3) is 0 Å². The first kappa shape index (κ1) is 18.5. The van der Waals surface area contributed by atoms with E-state index >= 15 is 0 Å². The molecule has 1 amide bonds. The number of hydrogen-bond donors (Lipinski definition) is 1. The van der Waals surface area contributed by atoms with Gasteiger partial charge in [-0.25, -0.2) is 0 Å². The first-order chi connectivity index (χ1) is 11.2. The molecule has 1 atom stereocenters. The summed E-state index contributed by atoms with van der Waals surface area (Å²) in [4.78, 5) is 17.0. The second-order valence-corrected chi connectivity index (χ2v) is 8.53. The molecule has 6 heteroatoms. The molecule has 0 unspecified atom stereocenters. The van der Waals surface area contributed by atoms with Crippen LogP contribution in [0.15, 0.2) is 35.0 Å². The van der Waals surface area contributed by atoms with E-state index in [4.69, 9.17) is 5.73 Å². The molecule has 0 aliphatic heterocycles. The maximum Gasteiger partial charge on any atom is 0.282 e. The average molecular weight is 369 g/mol. The highest BCUT2D eigenvalue weighted by Crippen LogP contribution is 2.21. The Morgan fingerprint density at radius 1 is 1.22 bits per heavy atom. The number of carbonyl (C=O) groups is 1. The van der Waals surface area contributed by atoms with E-state index in [2.05, 4.69) is 29.8 Å². The van der Waals surface area contributed by atoms with Crippen molar-refractivity contribution in [3.8, 4) is 0 Å². The van der Waals surface area contributed by atoms with Crippen molar-refractivity contribution in [3.05, 3.63) is 44.8 Å². The highest BCUT2D eigenvalue weighted by Gasteiger charge is 2.17. The van der Waals surface area contributed by atoms with E-state index in [1.807, 2.05) is 17.0 Å². The van der Waals surface area contributed by atoms with E-state index in [1.165, 1.54) is 21.5 Å². The number of unbranched alkanes of at least 4 members (excludes halogenated alkanes) is 1. The largest absolute Gasteiger partial charge is 0.327 e. The van der Waals surface area contributed by atoms with E-state index in [0.29, 0.717) is 18.8 Å². The molecule has 0 fully saturated rings. The van der Waals surface area contributed by atoms with Gasteiger partial charge in [-0.15, -0.1) is 22.7 Å². The fourth-order valence-corrected chi connectivity index (χ4v) is 4.46. The zero-order valence-corrected chi connectivity index (χ0v) is 15.9. The zero-order valence-electron chi connectivity index (χ0n) is 13.4. The third-order valence-electron chi connectivity index (χ3n) is 3.46. The summed E-state index contributed by atoms with van der Waals surface area (Å²) in [5.41, 5.74) is 6.09. The number of nitrogens with zero attached hydrogens (tertiary/aromatic N) is 1. The maximum atomic E-state index is 12.6. The van der Waals surface area contributed by atoms with Crippen LogP contribution in [0.3, 0.4) is 0 Å². The van der Waals surface area contributed by atoms with Gasteiger partial charge in [0.05, 0.1) is 13.1 Å². The molecule has 0 spiro atoms. The SMILES string of the molecule is CCCC[C@@H](N)CSC(=O)N(Cc1cccs1)Cc1cccs1. The van der Waals surface area contributed by atoms with Gasteiger partial charge in [0, 0.05) is 21.5 Å². The average Bonchev–Trinajstić information content (AvgIpc) is 3.23. The number of thioether (sulfide) groups is 1. The van der Waals surface area contributed by atoms with Crippen molar-refractivity contribution >= 4 is 39.7 Å². The minimum Gasteiger partial charge on any atom is -0.327 e. The number of nitrogens with two attached hydrogens (primary N) is 1. The number of carbonyl (C=O) groups excluding carboxylic acids is 1. The normalized spacial score (nSPS) is 12.3. The molecule has 2 N–H and O–H groups in total. The summed E-state index contributed by atoms with van der Waals surface area (Å²) < 4.78 is 0. The highest BCUT2D eigenvalue weighted by atomic mass is 32.2. The summed E-state index contributed by atoms with van der Waals surface area (Å²) in [5, 5.41) is 4.23. The van der Waals surface area contributed by atoms with E-state index in [-0.39, 0.29) is 11.3 Å². The van der Waals surface area contributed by atoms with Gasteiger partial charge < -0.3 is 10.6 Å². The number of rotatable bonds is 9. The molecule has 2 heterocycles. The van der Waals surface area contributed by atoms with Crippen LogP contribution in [0.1, 0.15) is 35.9 Å². The van der Waals surface area contributed by atoms with Gasteiger partial charge in [0.15, 0.2) is 0 Å². The quantitative estimate of drug-likeness (QED) is 0.663. The smallest absolute Gasteiger partial charge is 0.282 e. The first-order valence-corrected chi connectivity index (χ1v) is 10.7. The summed E-state index contributed by atoms with van der Waals surface area (Å²) in [6.07, 6.45) is 3.27. The van der Waals surface area contributed by atoms with Crippen LogP contribution in [0, 0.1) is 0 Å². The number of thiophene rings is 2. The van der Waals surface area contributed by atoms with Gasteiger partial charge in [-0.3, -0.25) is 4.79 Å². The monoisotopic (exact) mass is 368 g/mol. The van der Waals surface area contributed by atoms with Crippen LogP contribution >= 0.6 is 34.4 Å². The second kappa shape index (κ2) is 10.1. The molecule has 2 aromatic rings. The van der Waals surface area contributed by atoms with E-state index in [9.17, 15) is 4.79 Å². The lowest BCUT2D eigenvalue weighted by Gasteiger charge is -2.22. The molecule has 23 heavy (non-hydrogen) atoms. The van der Waals surface area contributed by atoms with E-state index < -0.39 is 0 Å². The van der Waals surface area contributed by atoms with Gasteiger partial charge in [-0.1, -0.05) is 43.7 Å². The maximum absolute atomic E-state index is 12.6. The lowest BCUT2D eigenvalue weighted by Crippen LogP contribution is -2.29. The Balaban J connectivity index is 1.90. The third-order valence-corrected chi connectivity index (χ3v) is 6.28. The second-order valence-electron chi connectivity index (χ2n) is 5.49. The predicted molar refractivity (Wildman–Crippen MR) is 103 cm³/mol. The molecule has 0 aromatic carbocycles. The summed E-state index contributed by atoms with van der Waals surface area (Å²) >= 11 is 4.74. The van der Waals surface area contributed by atoms with Crippen molar-refractivity contribution in [2.45, 2.75) is 45.3 Å². The van der Waals surface area contributed by atoms with Crippen LogP contribution in [-0.4, -0.2) is 21.9 Å². The topological polar surface area (TPSA) is 46.3 Å². The van der Waals surface area contributed by atoms with Crippen LogP contribution in [-0.2, 0) is 13.1 Å². The molecule has 2 aromatic heterocycles. The molecule has 126 valence electrons. The standard InChI is InChI=1S/C17H24N2OS3/c1-2-3-6-14(18)13-23-17(20)19(11-15-7-4-9-21-15)12-16-8-5-10-22-16/h4-5,7-10,14H,2-3,6,11-13,18H2,1H3/t14-/m1/s1. The van der Waals surface area contributed by atoms with Crippen LogP contribution in [0.2, 0.25) is 0 Å². The van der Waals surface area contributed by atoms with Crippen molar-refractivity contribution in [1.29, 1.82) is 0 Å². The molecule has 2 rings (SSSR count). The van der Waals surface area contributed by atoms with Crippen LogP contribution < -0.4 is 5.73 Å². The molecule has 0 aliphatic rings. The van der Waals surface area contributed by atoms with Crippen molar-refractivity contribution < 1.29 is 4.79 Å². The lowest BCUT2D eigenvalue weighted by atomic mass is 10.2. The molecular weight excluding hydrogens is 344 g/mol. The Labute approximate surface area is 150 Å². The minimum atomic E-state index is 0.106. The molecule has 3 nitrogen and oxygen atoms in total. The van der Waals surface area contributed by atoms with E-state index in [1.54, 1.807) is 22.7 Å². The summed E-state index contributed by atoms with van der Waals surface area (Å²) in [6, 6.07) is 8.33. The van der Waals surface area contributed by atoms with Gasteiger partial charge in [-0.2, -0.15) is 0 Å². The molecule has 0 saturated carbocycles. The van der Waals surface area contributed by atoms with Gasteiger partial charge in [0.1, 0.15) is 0 Å². The fourth-order valence-electron chi connectivity index (χ4n) is 2.19. The molecule has 0 bridgehead atoms. The number of hydrogen-bond acceptors (Lipinski definition) is 5. The third kappa shape index (κ3) is 6.67. The van der Waals surface area contributed by atoms with Gasteiger partial charge in [0.2, 0.25) is 0 Å². The Morgan fingerprint density at radius 2 is 1.83 bits per heavy atom. The predicted octanol–water partition coefficient (Wildman–Crippen LogP) is 5.18. The van der Waals surface area contributed by atoms with Crippen LogP contribution in [0.4, 0.5) is 4.79 Å². The Bertz CT molecular complexity index is 518. The minimum absolute atomic E-state index is 0.106. The zero-order chi connectivity index (χ0) is 16.5. The Hall–Kier alpha value is -0.820. The lowest BCUT2D eigenvalue weighted by molar-refractivity contribution is 0.219. The van der Waals surface area contributed by atoms with Gasteiger partial charge >= 0.3 is 0 Å². The van der Waals surface area contributed by atoms with Crippen molar-refractivity contribution in [2.24, 2.45) is 5.73 Å². The first-order valence-electron chi connectivity index (χ1n) is 7.91. The van der Waals surface area contributed by atoms with E-state index in [0.717, 1.165) is 19.3 Å². The molecule has 0 aliphatic carbocycles. The highest BCUT2D eigenvalue weighted by molar-refractivity contribution is 8.13. The van der Waals surface area contributed by atoms with Crippen molar-refractivity contribution in [2.75, 3.05) is 5.75 Å². The Kier molecular flexibility index (Phi) is 8.16. The van der Waals surface area contributed by atoms with Gasteiger partial charge in [-0.05, 0) is 29.3 Å². The van der Waals surface area contributed by atoms with Crippen molar-refractivity contribution in [1.82, 2.24) is 4.90 Å². The fraction of sp³-hybridized carbons (Fsp3) is 0.471. The Morgan fingerprint density at radius 3 is 2.30 bits per heavy atom. The summed E-state index contributed by atoms with van der Waals surface area (Å²) in [6.45, 7) is 3.51.